The lowest BCUT2D eigenvalue weighted by Gasteiger charge is -2.27. The van der Waals surface area contributed by atoms with E-state index in [-0.39, 0.29) is 5.91 Å². The van der Waals surface area contributed by atoms with E-state index < -0.39 is 6.10 Å². The Kier molecular flexibility index (Phi) is 3.62. The first-order chi connectivity index (χ1) is 11.6. The van der Waals surface area contributed by atoms with Gasteiger partial charge in [-0.25, -0.2) is 0 Å². The lowest BCUT2D eigenvalue weighted by atomic mass is 10.0. The molecular weight excluding hydrogens is 300 g/mol. The number of fused-ring (bicyclic) bond motifs is 3. The van der Waals surface area contributed by atoms with Crippen molar-refractivity contribution in [3.8, 4) is 0 Å². The third kappa shape index (κ3) is 2.49. The van der Waals surface area contributed by atoms with Crippen LogP contribution in [0.25, 0.3) is 10.9 Å². The van der Waals surface area contributed by atoms with Crippen molar-refractivity contribution in [1.82, 2.24) is 9.88 Å². The zero-order chi connectivity index (χ0) is 16.7. The van der Waals surface area contributed by atoms with Crippen LogP contribution in [0.5, 0.6) is 0 Å². The predicted molar refractivity (Wildman–Crippen MR) is 93.8 cm³/mol. The van der Waals surface area contributed by atoms with Crippen LogP contribution in [0.2, 0.25) is 0 Å². The smallest absolute Gasteiger partial charge is 0.254 e. The molecule has 0 saturated carbocycles. The molecule has 24 heavy (non-hydrogen) atoms. The summed E-state index contributed by atoms with van der Waals surface area (Å²) in [6, 6.07) is 15.5. The van der Waals surface area contributed by atoms with Gasteiger partial charge < -0.3 is 15.0 Å². The number of amides is 1. The lowest BCUT2D eigenvalue weighted by Crippen LogP contribution is -2.35. The van der Waals surface area contributed by atoms with E-state index in [4.69, 9.17) is 0 Å². The lowest BCUT2D eigenvalue weighted by molar-refractivity contribution is 0.0735. The van der Waals surface area contributed by atoms with E-state index in [9.17, 15) is 9.90 Å². The molecule has 1 aliphatic heterocycles. The molecule has 2 heterocycles. The molecule has 4 heteroatoms. The van der Waals surface area contributed by atoms with Crippen LogP contribution < -0.4 is 0 Å². The van der Waals surface area contributed by atoms with E-state index in [1.54, 1.807) is 19.1 Å². The average molecular weight is 320 g/mol. The van der Waals surface area contributed by atoms with Gasteiger partial charge in [-0.05, 0) is 30.7 Å². The van der Waals surface area contributed by atoms with Gasteiger partial charge in [-0.15, -0.1) is 0 Å². The van der Waals surface area contributed by atoms with E-state index in [0.717, 1.165) is 24.0 Å². The first-order valence-corrected chi connectivity index (χ1v) is 8.29. The molecule has 4 rings (SSSR count). The topological polar surface area (TPSA) is 56.3 Å². The number of benzene rings is 2. The van der Waals surface area contributed by atoms with Crippen LogP contribution >= 0.6 is 0 Å². The minimum atomic E-state index is -0.516. The van der Waals surface area contributed by atoms with Crippen molar-refractivity contribution >= 4 is 16.8 Å². The molecule has 2 N–H and O–H groups in total. The Labute approximate surface area is 140 Å². The molecule has 122 valence electrons. The van der Waals surface area contributed by atoms with Gasteiger partial charge in [0.2, 0.25) is 0 Å². The van der Waals surface area contributed by atoms with E-state index in [0.29, 0.717) is 12.1 Å². The zero-order valence-electron chi connectivity index (χ0n) is 13.6. The van der Waals surface area contributed by atoms with Gasteiger partial charge in [0.05, 0.1) is 6.10 Å². The average Bonchev–Trinajstić information content (AvgIpc) is 2.99. The number of hydrogen-bond donors (Lipinski definition) is 2. The summed E-state index contributed by atoms with van der Waals surface area (Å²) < 4.78 is 0. The number of aliphatic hydroxyl groups excluding tert-OH is 1. The fourth-order valence-electron chi connectivity index (χ4n) is 3.43. The number of carbonyl (C=O) groups is 1. The molecule has 1 aliphatic rings. The zero-order valence-corrected chi connectivity index (χ0v) is 13.6. The van der Waals surface area contributed by atoms with E-state index in [1.807, 2.05) is 29.2 Å². The maximum absolute atomic E-state index is 12.8. The van der Waals surface area contributed by atoms with Crippen LogP contribution in [0.1, 0.15) is 40.2 Å². The number of carbonyl (C=O) groups excluding carboxylic acids is 1. The van der Waals surface area contributed by atoms with Crippen LogP contribution in [-0.4, -0.2) is 27.4 Å². The maximum atomic E-state index is 12.8. The molecule has 0 aliphatic carbocycles. The monoisotopic (exact) mass is 320 g/mol. The number of aromatic nitrogens is 1. The molecule has 0 fully saturated rings. The number of H-pyrrole nitrogens is 1. The molecule has 4 nitrogen and oxygen atoms in total. The highest BCUT2D eigenvalue weighted by molar-refractivity contribution is 5.95. The van der Waals surface area contributed by atoms with Crippen molar-refractivity contribution < 1.29 is 9.90 Å². The van der Waals surface area contributed by atoms with E-state index >= 15 is 0 Å². The van der Waals surface area contributed by atoms with Crippen LogP contribution in [0, 0.1) is 0 Å². The highest BCUT2D eigenvalue weighted by atomic mass is 16.3. The summed E-state index contributed by atoms with van der Waals surface area (Å²) in [6.07, 6.45) is 0.333. The minimum absolute atomic E-state index is 0.0445. The first kappa shape index (κ1) is 15.0. The van der Waals surface area contributed by atoms with Crippen molar-refractivity contribution in [3.05, 3.63) is 70.9 Å². The molecule has 3 aromatic rings. The molecule has 1 aromatic heterocycles. The SMILES string of the molecule is CC(O)c1ccc(C(=O)N2CCc3[nH]c4ccccc4c3C2)cc1. The van der Waals surface area contributed by atoms with Gasteiger partial charge in [0, 0.05) is 47.2 Å². The van der Waals surface area contributed by atoms with Gasteiger partial charge in [-0.2, -0.15) is 0 Å². The summed E-state index contributed by atoms with van der Waals surface area (Å²) in [5.74, 6) is 0.0445. The normalized spacial score (nSPS) is 15.3. The molecule has 1 atom stereocenters. The largest absolute Gasteiger partial charge is 0.389 e. The van der Waals surface area contributed by atoms with Crippen molar-refractivity contribution in [3.63, 3.8) is 0 Å². The summed E-state index contributed by atoms with van der Waals surface area (Å²) in [7, 11) is 0. The number of hydrogen-bond acceptors (Lipinski definition) is 2. The minimum Gasteiger partial charge on any atom is -0.389 e. The highest BCUT2D eigenvalue weighted by Gasteiger charge is 2.24. The number of nitrogens with one attached hydrogen (secondary N) is 1. The standard InChI is InChI=1S/C20H20N2O2/c1-13(23)14-6-8-15(9-7-14)20(24)22-11-10-19-17(12-22)16-4-2-3-5-18(16)21-19/h2-9,13,21,23H,10-12H2,1H3. The quantitative estimate of drug-likeness (QED) is 0.760. The fourth-order valence-corrected chi connectivity index (χ4v) is 3.43. The van der Waals surface area contributed by atoms with Gasteiger partial charge in [0.25, 0.3) is 5.91 Å². The Bertz CT molecular complexity index is 894. The van der Waals surface area contributed by atoms with E-state index in [2.05, 4.69) is 17.1 Å². The molecule has 2 aromatic carbocycles. The molecule has 1 amide bonds. The second kappa shape index (κ2) is 5.80. The number of para-hydroxylation sites is 1. The number of rotatable bonds is 2. The Hall–Kier alpha value is -2.59. The molecule has 0 radical (unpaired) electrons. The number of aliphatic hydroxyl groups is 1. The Morgan fingerprint density at radius 1 is 1.17 bits per heavy atom. The van der Waals surface area contributed by atoms with Gasteiger partial charge in [-0.1, -0.05) is 30.3 Å². The van der Waals surface area contributed by atoms with Gasteiger partial charge in [0.1, 0.15) is 0 Å². The van der Waals surface area contributed by atoms with Crippen LogP contribution in [-0.2, 0) is 13.0 Å². The van der Waals surface area contributed by atoms with Gasteiger partial charge >= 0.3 is 0 Å². The number of nitrogens with zero attached hydrogens (tertiary/aromatic N) is 1. The summed E-state index contributed by atoms with van der Waals surface area (Å²) >= 11 is 0. The Morgan fingerprint density at radius 3 is 2.67 bits per heavy atom. The highest BCUT2D eigenvalue weighted by Crippen LogP contribution is 2.28. The van der Waals surface area contributed by atoms with Crippen molar-refractivity contribution in [2.45, 2.75) is 26.0 Å². The molecule has 0 spiro atoms. The van der Waals surface area contributed by atoms with Crippen LogP contribution in [0.15, 0.2) is 48.5 Å². The second-order valence-corrected chi connectivity index (χ2v) is 6.40. The second-order valence-electron chi connectivity index (χ2n) is 6.40. The summed E-state index contributed by atoms with van der Waals surface area (Å²) in [6.45, 7) is 3.08. The summed E-state index contributed by atoms with van der Waals surface area (Å²) in [4.78, 5) is 18.2. The Balaban J connectivity index is 1.60. The third-order valence-corrected chi connectivity index (χ3v) is 4.81. The van der Waals surface area contributed by atoms with Gasteiger partial charge in [-0.3, -0.25) is 4.79 Å². The van der Waals surface area contributed by atoms with E-state index in [1.165, 1.54) is 16.6 Å². The van der Waals surface area contributed by atoms with Crippen LogP contribution in [0.3, 0.4) is 0 Å². The maximum Gasteiger partial charge on any atom is 0.254 e. The molecule has 0 bridgehead atoms. The summed E-state index contributed by atoms with van der Waals surface area (Å²) in [5.41, 5.74) is 5.10. The summed E-state index contributed by atoms with van der Waals surface area (Å²) in [5, 5.41) is 10.8. The molecule has 1 unspecified atom stereocenters. The first-order valence-electron chi connectivity index (χ1n) is 8.29. The Morgan fingerprint density at radius 2 is 1.92 bits per heavy atom. The third-order valence-electron chi connectivity index (χ3n) is 4.81. The van der Waals surface area contributed by atoms with Crippen molar-refractivity contribution in [1.29, 1.82) is 0 Å². The predicted octanol–water partition coefficient (Wildman–Crippen LogP) is 3.42. The van der Waals surface area contributed by atoms with Gasteiger partial charge in [0.15, 0.2) is 0 Å². The van der Waals surface area contributed by atoms with Crippen molar-refractivity contribution in [2.75, 3.05) is 6.54 Å². The molecule has 0 saturated heterocycles. The molecular formula is C20H20N2O2. The van der Waals surface area contributed by atoms with Crippen LogP contribution in [0.4, 0.5) is 0 Å². The number of aromatic amines is 1. The fraction of sp³-hybridized carbons (Fsp3) is 0.250. The van der Waals surface area contributed by atoms with Crippen molar-refractivity contribution in [2.24, 2.45) is 0 Å².